The molecule has 1 aliphatic heterocycles. The lowest BCUT2D eigenvalue weighted by Gasteiger charge is -2.23. The largest absolute Gasteiger partial charge is 0.507 e. The van der Waals surface area contributed by atoms with E-state index >= 15 is 0 Å². The third-order valence-electron chi connectivity index (χ3n) is 4.84. The van der Waals surface area contributed by atoms with Crippen LogP contribution in [0.5, 0.6) is 5.75 Å². The Kier molecular flexibility index (Phi) is 6.08. The van der Waals surface area contributed by atoms with Gasteiger partial charge in [0.2, 0.25) is 0 Å². The molecule has 1 atom stereocenters. The Bertz CT molecular complexity index is 944. The SMILES string of the molecule is CCOc1cccc(C(O)=C2C(=O)C(=O)N(CC[NH+](C)C)[C@@H]2c2ccc(C)o2)c1. The minimum absolute atomic E-state index is 0.0340. The minimum atomic E-state index is -0.765. The van der Waals surface area contributed by atoms with Gasteiger partial charge in [0, 0.05) is 5.56 Å². The number of benzene rings is 1. The van der Waals surface area contributed by atoms with E-state index in [1.165, 1.54) is 4.90 Å². The van der Waals surface area contributed by atoms with Crippen LogP contribution in [0, 0.1) is 6.92 Å². The molecule has 0 spiro atoms. The van der Waals surface area contributed by atoms with Crippen LogP contribution in [0.2, 0.25) is 0 Å². The first kappa shape index (κ1) is 20.7. The van der Waals surface area contributed by atoms with Crippen molar-refractivity contribution in [1.29, 1.82) is 0 Å². The number of rotatable bonds is 7. The standard InChI is InChI=1S/C22H26N2O5/c1-5-28-16-8-6-7-15(13-16)20(25)18-19(17-10-9-14(2)29-17)24(12-11-23(3)4)22(27)21(18)26/h6-10,13,19,25H,5,11-12H2,1-4H3/p+1/t19-/m1/s1. The summed E-state index contributed by atoms with van der Waals surface area (Å²) in [6.07, 6.45) is 0. The second-order valence-electron chi connectivity index (χ2n) is 7.36. The number of likely N-dealkylation sites (N-methyl/N-ethyl adjacent to an activating group) is 1. The van der Waals surface area contributed by atoms with Crippen molar-refractivity contribution in [3.63, 3.8) is 0 Å². The van der Waals surface area contributed by atoms with Gasteiger partial charge in [-0.1, -0.05) is 12.1 Å². The predicted molar refractivity (Wildman–Crippen MR) is 108 cm³/mol. The third kappa shape index (κ3) is 4.19. The van der Waals surface area contributed by atoms with Crippen LogP contribution in [0.1, 0.15) is 30.0 Å². The number of quaternary nitrogens is 1. The van der Waals surface area contributed by atoms with Crippen LogP contribution in [0.3, 0.4) is 0 Å². The number of likely N-dealkylation sites (tertiary alicyclic amines) is 1. The normalized spacial score (nSPS) is 18.7. The minimum Gasteiger partial charge on any atom is -0.507 e. The second-order valence-corrected chi connectivity index (χ2v) is 7.36. The van der Waals surface area contributed by atoms with Crippen LogP contribution in [-0.2, 0) is 9.59 Å². The zero-order valence-electron chi connectivity index (χ0n) is 17.2. The molecule has 2 N–H and O–H groups in total. The number of amides is 1. The number of carbonyl (C=O) groups excluding carboxylic acids is 2. The van der Waals surface area contributed by atoms with Gasteiger partial charge in [0.1, 0.15) is 29.1 Å². The molecule has 2 heterocycles. The van der Waals surface area contributed by atoms with E-state index in [9.17, 15) is 14.7 Å². The van der Waals surface area contributed by atoms with Crippen LogP contribution < -0.4 is 9.64 Å². The van der Waals surface area contributed by atoms with Crippen LogP contribution in [-0.4, -0.2) is 55.5 Å². The van der Waals surface area contributed by atoms with Gasteiger partial charge in [-0.15, -0.1) is 0 Å². The zero-order valence-corrected chi connectivity index (χ0v) is 17.2. The molecule has 1 saturated heterocycles. The van der Waals surface area contributed by atoms with E-state index in [0.717, 1.165) is 4.90 Å². The fraction of sp³-hybridized carbons (Fsp3) is 0.364. The molecule has 0 bridgehead atoms. The maximum absolute atomic E-state index is 12.9. The summed E-state index contributed by atoms with van der Waals surface area (Å²) in [6.45, 7) is 5.17. The van der Waals surface area contributed by atoms with E-state index in [4.69, 9.17) is 9.15 Å². The number of furan rings is 1. The third-order valence-corrected chi connectivity index (χ3v) is 4.84. The van der Waals surface area contributed by atoms with Gasteiger partial charge in [0.15, 0.2) is 0 Å². The first-order valence-corrected chi connectivity index (χ1v) is 9.70. The molecule has 0 saturated carbocycles. The van der Waals surface area contributed by atoms with Crippen molar-refractivity contribution in [2.75, 3.05) is 33.8 Å². The summed E-state index contributed by atoms with van der Waals surface area (Å²) in [5.41, 5.74) is 0.451. The average Bonchev–Trinajstić information content (AvgIpc) is 3.21. The summed E-state index contributed by atoms with van der Waals surface area (Å²) in [6, 6.07) is 9.59. The van der Waals surface area contributed by atoms with Gasteiger partial charge >= 0.3 is 0 Å². The van der Waals surface area contributed by atoms with Crippen LogP contribution in [0.25, 0.3) is 5.76 Å². The van der Waals surface area contributed by atoms with E-state index in [2.05, 4.69) is 0 Å². The summed E-state index contributed by atoms with van der Waals surface area (Å²) in [5.74, 6) is 0.126. The lowest BCUT2D eigenvalue weighted by atomic mass is 9.99. The maximum Gasteiger partial charge on any atom is 0.295 e. The van der Waals surface area contributed by atoms with Gasteiger partial charge in [-0.25, -0.2) is 0 Å². The molecule has 29 heavy (non-hydrogen) atoms. The number of hydrogen-bond donors (Lipinski definition) is 2. The lowest BCUT2D eigenvalue weighted by Crippen LogP contribution is -3.06. The zero-order chi connectivity index (χ0) is 21.1. The topological polar surface area (TPSA) is 84.4 Å². The molecule has 1 fully saturated rings. The van der Waals surface area contributed by atoms with E-state index < -0.39 is 17.7 Å². The van der Waals surface area contributed by atoms with Gasteiger partial charge in [0.05, 0.1) is 39.4 Å². The molecule has 1 amide bonds. The Morgan fingerprint density at radius 3 is 2.62 bits per heavy atom. The smallest absolute Gasteiger partial charge is 0.295 e. The molecule has 0 unspecified atom stereocenters. The highest BCUT2D eigenvalue weighted by molar-refractivity contribution is 6.46. The number of Topliss-reactive ketones (excluding diaryl/α,β-unsaturated/α-hetero) is 1. The van der Waals surface area contributed by atoms with Gasteiger partial charge < -0.3 is 24.1 Å². The Morgan fingerprint density at radius 1 is 1.24 bits per heavy atom. The molecule has 7 nitrogen and oxygen atoms in total. The number of nitrogens with one attached hydrogen (secondary N) is 1. The van der Waals surface area contributed by atoms with E-state index in [1.54, 1.807) is 43.3 Å². The van der Waals surface area contributed by atoms with Crippen molar-refractivity contribution in [2.24, 2.45) is 0 Å². The molecule has 1 aromatic heterocycles. The number of hydrogen-bond acceptors (Lipinski definition) is 5. The molecular weight excluding hydrogens is 372 g/mol. The summed E-state index contributed by atoms with van der Waals surface area (Å²) in [7, 11) is 3.95. The Morgan fingerprint density at radius 2 is 2.00 bits per heavy atom. The van der Waals surface area contributed by atoms with Crippen LogP contribution in [0.4, 0.5) is 0 Å². The van der Waals surface area contributed by atoms with E-state index in [1.807, 2.05) is 21.0 Å². The highest BCUT2D eigenvalue weighted by atomic mass is 16.5. The van der Waals surface area contributed by atoms with Crippen molar-refractivity contribution >= 4 is 17.4 Å². The second kappa shape index (κ2) is 8.53. The number of aliphatic hydroxyl groups excluding tert-OH is 1. The molecule has 154 valence electrons. The van der Waals surface area contributed by atoms with Gasteiger partial charge in [0.25, 0.3) is 11.7 Å². The van der Waals surface area contributed by atoms with E-state index in [-0.39, 0.29) is 11.3 Å². The maximum atomic E-state index is 12.9. The highest BCUT2D eigenvalue weighted by Crippen LogP contribution is 2.40. The number of aryl methyl sites for hydroxylation is 1. The fourth-order valence-electron chi connectivity index (χ4n) is 3.41. The molecule has 0 radical (unpaired) electrons. The molecule has 1 aromatic carbocycles. The first-order chi connectivity index (χ1) is 13.8. The molecule has 0 aliphatic carbocycles. The van der Waals surface area contributed by atoms with Crippen molar-refractivity contribution in [2.45, 2.75) is 19.9 Å². The number of carbonyl (C=O) groups is 2. The Balaban J connectivity index is 2.10. The quantitative estimate of drug-likeness (QED) is 0.419. The highest BCUT2D eigenvalue weighted by Gasteiger charge is 2.47. The fourth-order valence-corrected chi connectivity index (χ4v) is 3.41. The first-order valence-electron chi connectivity index (χ1n) is 9.70. The monoisotopic (exact) mass is 399 g/mol. The van der Waals surface area contributed by atoms with Crippen molar-refractivity contribution in [3.05, 3.63) is 59.1 Å². The molecule has 3 rings (SSSR count). The molecule has 7 heteroatoms. The lowest BCUT2D eigenvalue weighted by molar-refractivity contribution is -0.857. The van der Waals surface area contributed by atoms with Crippen molar-refractivity contribution < 1.29 is 28.7 Å². The molecular formula is C22H27N2O5+. The van der Waals surface area contributed by atoms with Gasteiger partial charge in [-0.3, -0.25) is 9.59 Å². The number of ketones is 1. The van der Waals surface area contributed by atoms with Crippen molar-refractivity contribution in [1.82, 2.24) is 4.90 Å². The van der Waals surface area contributed by atoms with Crippen molar-refractivity contribution in [3.8, 4) is 5.75 Å². The number of aliphatic hydroxyl groups is 1. The average molecular weight is 399 g/mol. The summed E-state index contributed by atoms with van der Waals surface area (Å²) >= 11 is 0. The van der Waals surface area contributed by atoms with Crippen LogP contribution >= 0.6 is 0 Å². The summed E-state index contributed by atoms with van der Waals surface area (Å²) < 4.78 is 11.2. The number of nitrogens with zero attached hydrogens (tertiary/aromatic N) is 1. The van der Waals surface area contributed by atoms with E-state index in [0.29, 0.717) is 42.5 Å². The Hall–Kier alpha value is -3.06. The molecule has 2 aromatic rings. The summed E-state index contributed by atoms with van der Waals surface area (Å²) in [4.78, 5) is 28.3. The number of ether oxygens (including phenoxy) is 1. The van der Waals surface area contributed by atoms with Gasteiger partial charge in [-0.2, -0.15) is 0 Å². The molecule has 1 aliphatic rings. The predicted octanol–water partition coefficient (Wildman–Crippen LogP) is 1.55. The van der Waals surface area contributed by atoms with Crippen LogP contribution in [0.15, 0.2) is 46.4 Å². The Labute approximate surface area is 170 Å². The summed E-state index contributed by atoms with van der Waals surface area (Å²) in [5, 5.41) is 11.0. The van der Waals surface area contributed by atoms with Gasteiger partial charge in [-0.05, 0) is 38.1 Å².